The van der Waals surface area contributed by atoms with E-state index in [2.05, 4.69) is 15.9 Å². The van der Waals surface area contributed by atoms with Gasteiger partial charge in [-0.1, -0.05) is 12.2 Å². The van der Waals surface area contributed by atoms with E-state index in [1.807, 2.05) is 12.1 Å². The third-order valence-corrected chi connectivity index (χ3v) is 3.02. The predicted octanol–water partition coefficient (Wildman–Crippen LogP) is 2.69. The van der Waals surface area contributed by atoms with Crippen LogP contribution < -0.4 is 15.2 Å². The molecule has 0 aliphatic carbocycles. The van der Waals surface area contributed by atoms with Crippen LogP contribution in [0.5, 0.6) is 11.5 Å². The molecule has 1 rings (SSSR count). The van der Waals surface area contributed by atoms with Crippen molar-refractivity contribution in [1.82, 2.24) is 0 Å². The first-order valence-corrected chi connectivity index (χ1v) is 5.97. The molecule has 0 atom stereocenters. The third kappa shape index (κ3) is 3.35. The van der Waals surface area contributed by atoms with Crippen LogP contribution in [0.3, 0.4) is 0 Å². The zero-order valence-electron chi connectivity index (χ0n) is 9.25. The minimum Gasteiger partial charge on any atom is -0.496 e. The van der Waals surface area contributed by atoms with Crippen molar-refractivity contribution in [3.63, 3.8) is 0 Å². The predicted molar refractivity (Wildman–Crippen MR) is 72.4 cm³/mol. The molecule has 0 fully saturated rings. The SMILES string of the molecule is COc1cc(OC)c(CCC(N)=S)cc1Br. The van der Waals surface area contributed by atoms with Crippen molar-refractivity contribution in [3.05, 3.63) is 22.2 Å². The van der Waals surface area contributed by atoms with E-state index in [4.69, 9.17) is 27.4 Å². The summed E-state index contributed by atoms with van der Waals surface area (Å²) in [4.78, 5) is 0.508. The summed E-state index contributed by atoms with van der Waals surface area (Å²) in [7, 11) is 3.25. The fourth-order valence-corrected chi connectivity index (χ4v) is 2.03. The van der Waals surface area contributed by atoms with Gasteiger partial charge in [0.1, 0.15) is 11.5 Å². The molecule has 0 saturated heterocycles. The molecule has 5 heteroatoms. The molecule has 3 nitrogen and oxygen atoms in total. The van der Waals surface area contributed by atoms with E-state index in [0.29, 0.717) is 11.4 Å². The van der Waals surface area contributed by atoms with Crippen molar-refractivity contribution in [2.75, 3.05) is 14.2 Å². The molecule has 0 heterocycles. The van der Waals surface area contributed by atoms with Gasteiger partial charge in [-0.3, -0.25) is 0 Å². The van der Waals surface area contributed by atoms with Crippen LogP contribution in [0.2, 0.25) is 0 Å². The summed E-state index contributed by atoms with van der Waals surface area (Å²) in [5.74, 6) is 1.53. The van der Waals surface area contributed by atoms with Crippen LogP contribution in [-0.4, -0.2) is 19.2 Å². The van der Waals surface area contributed by atoms with E-state index < -0.39 is 0 Å². The minimum atomic E-state index is 0.508. The number of aryl methyl sites for hydroxylation is 1. The Morgan fingerprint density at radius 3 is 2.44 bits per heavy atom. The van der Waals surface area contributed by atoms with E-state index in [-0.39, 0.29) is 0 Å². The topological polar surface area (TPSA) is 44.5 Å². The summed E-state index contributed by atoms with van der Waals surface area (Å²) in [6.45, 7) is 0. The molecule has 0 aliphatic heterocycles. The monoisotopic (exact) mass is 303 g/mol. The van der Waals surface area contributed by atoms with E-state index in [9.17, 15) is 0 Å². The van der Waals surface area contributed by atoms with Gasteiger partial charge in [0.15, 0.2) is 0 Å². The lowest BCUT2D eigenvalue weighted by Crippen LogP contribution is -2.09. The van der Waals surface area contributed by atoms with Gasteiger partial charge in [0, 0.05) is 12.5 Å². The summed E-state index contributed by atoms with van der Waals surface area (Å²) in [6.07, 6.45) is 1.44. The van der Waals surface area contributed by atoms with Crippen LogP contribution in [0.4, 0.5) is 0 Å². The van der Waals surface area contributed by atoms with Gasteiger partial charge in [-0.25, -0.2) is 0 Å². The first-order valence-electron chi connectivity index (χ1n) is 4.77. The molecule has 0 aliphatic rings. The van der Waals surface area contributed by atoms with Gasteiger partial charge in [-0.05, 0) is 34.0 Å². The number of hydrogen-bond acceptors (Lipinski definition) is 3. The second-order valence-corrected chi connectivity index (χ2v) is 4.64. The molecular weight excluding hydrogens is 290 g/mol. The highest BCUT2D eigenvalue weighted by Crippen LogP contribution is 2.33. The van der Waals surface area contributed by atoms with Gasteiger partial charge >= 0.3 is 0 Å². The average Bonchev–Trinajstić information content (AvgIpc) is 2.26. The van der Waals surface area contributed by atoms with Crippen molar-refractivity contribution < 1.29 is 9.47 Å². The fourth-order valence-electron chi connectivity index (χ4n) is 1.38. The molecule has 1 aromatic carbocycles. The van der Waals surface area contributed by atoms with Crippen LogP contribution in [0.1, 0.15) is 12.0 Å². The van der Waals surface area contributed by atoms with Crippen LogP contribution in [-0.2, 0) is 6.42 Å². The van der Waals surface area contributed by atoms with Gasteiger partial charge in [0.05, 0.1) is 23.7 Å². The lowest BCUT2D eigenvalue weighted by molar-refractivity contribution is 0.389. The van der Waals surface area contributed by atoms with Gasteiger partial charge in [0.2, 0.25) is 0 Å². The van der Waals surface area contributed by atoms with E-state index in [1.165, 1.54) is 0 Å². The zero-order valence-corrected chi connectivity index (χ0v) is 11.7. The van der Waals surface area contributed by atoms with E-state index in [1.54, 1.807) is 14.2 Å². The second-order valence-electron chi connectivity index (χ2n) is 3.26. The minimum absolute atomic E-state index is 0.508. The Hall–Kier alpha value is -0.810. The highest BCUT2D eigenvalue weighted by atomic mass is 79.9. The quantitative estimate of drug-likeness (QED) is 0.850. The first-order chi connectivity index (χ1) is 7.58. The summed E-state index contributed by atoms with van der Waals surface area (Å²) < 4.78 is 11.4. The molecule has 0 unspecified atom stereocenters. The van der Waals surface area contributed by atoms with Crippen molar-refractivity contribution >= 4 is 33.1 Å². The molecule has 0 radical (unpaired) electrons. The Balaban J connectivity index is 2.98. The molecule has 0 saturated carbocycles. The molecule has 2 N–H and O–H groups in total. The molecule has 1 aromatic rings. The Labute approximate surface area is 109 Å². The molecule has 0 aromatic heterocycles. The number of benzene rings is 1. The number of ether oxygens (including phenoxy) is 2. The van der Waals surface area contributed by atoms with Crippen LogP contribution in [0, 0.1) is 0 Å². The number of thiocarbonyl (C=S) groups is 1. The fraction of sp³-hybridized carbons (Fsp3) is 0.364. The summed E-state index contributed by atoms with van der Waals surface area (Å²) in [6, 6.07) is 3.81. The van der Waals surface area contributed by atoms with Crippen molar-refractivity contribution in [1.29, 1.82) is 0 Å². The maximum absolute atomic E-state index is 5.48. The molecule has 0 bridgehead atoms. The van der Waals surface area contributed by atoms with Gasteiger partial charge < -0.3 is 15.2 Å². The molecule has 0 spiro atoms. The summed E-state index contributed by atoms with van der Waals surface area (Å²) in [5.41, 5.74) is 6.54. The van der Waals surface area contributed by atoms with Crippen molar-refractivity contribution in [2.45, 2.75) is 12.8 Å². The molecule has 0 amide bonds. The highest BCUT2D eigenvalue weighted by molar-refractivity contribution is 9.10. The standard InChI is InChI=1S/C11H14BrNO2S/c1-14-9-6-10(15-2)8(12)5-7(9)3-4-11(13)16/h5-6H,3-4H2,1-2H3,(H2,13,16). The van der Waals surface area contributed by atoms with Gasteiger partial charge in [-0.2, -0.15) is 0 Å². The smallest absolute Gasteiger partial charge is 0.136 e. The van der Waals surface area contributed by atoms with Crippen molar-refractivity contribution in [3.8, 4) is 11.5 Å². The Morgan fingerprint density at radius 2 is 1.94 bits per heavy atom. The first kappa shape index (κ1) is 13.3. The highest BCUT2D eigenvalue weighted by Gasteiger charge is 2.09. The number of rotatable bonds is 5. The normalized spacial score (nSPS) is 9.94. The molecule has 16 heavy (non-hydrogen) atoms. The molecule has 88 valence electrons. The summed E-state index contributed by atoms with van der Waals surface area (Å²) in [5, 5.41) is 0. The zero-order chi connectivity index (χ0) is 12.1. The number of nitrogens with two attached hydrogens (primary N) is 1. The summed E-state index contributed by atoms with van der Waals surface area (Å²) >= 11 is 8.29. The largest absolute Gasteiger partial charge is 0.496 e. The van der Waals surface area contributed by atoms with Crippen molar-refractivity contribution in [2.24, 2.45) is 5.73 Å². The lowest BCUT2D eigenvalue weighted by Gasteiger charge is -2.11. The second kappa shape index (κ2) is 6.06. The van der Waals surface area contributed by atoms with Gasteiger partial charge in [-0.15, -0.1) is 0 Å². The van der Waals surface area contributed by atoms with E-state index in [0.717, 1.165) is 28.0 Å². The van der Waals surface area contributed by atoms with Crippen LogP contribution >= 0.6 is 28.1 Å². The van der Waals surface area contributed by atoms with Gasteiger partial charge in [0.25, 0.3) is 0 Å². The molecular formula is C11H14BrNO2S. The average molecular weight is 304 g/mol. The number of methoxy groups -OCH3 is 2. The number of hydrogen-bond donors (Lipinski definition) is 1. The number of halogens is 1. The maximum Gasteiger partial charge on any atom is 0.136 e. The van der Waals surface area contributed by atoms with Crippen LogP contribution in [0.25, 0.3) is 0 Å². The van der Waals surface area contributed by atoms with Crippen LogP contribution in [0.15, 0.2) is 16.6 Å². The third-order valence-electron chi connectivity index (χ3n) is 2.20. The Bertz CT molecular complexity index is 396. The Morgan fingerprint density at radius 1 is 1.31 bits per heavy atom. The maximum atomic E-state index is 5.48. The van der Waals surface area contributed by atoms with E-state index >= 15 is 0 Å². The Kier molecular flexibility index (Phi) is 5.02. The lowest BCUT2D eigenvalue weighted by atomic mass is 10.1.